The number of rotatable bonds is 5. The molecule has 0 unspecified atom stereocenters. The van der Waals surface area contributed by atoms with Crippen LogP contribution >= 0.6 is 22.9 Å². The van der Waals surface area contributed by atoms with E-state index in [-0.39, 0.29) is 18.1 Å². The van der Waals surface area contributed by atoms with Crippen LogP contribution in [0.4, 0.5) is 5.13 Å². The quantitative estimate of drug-likeness (QED) is 0.577. The first-order chi connectivity index (χ1) is 14.4. The summed E-state index contributed by atoms with van der Waals surface area (Å²) >= 11 is 7.85. The number of hydrogen-bond acceptors (Lipinski definition) is 6. The summed E-state index contributed by atoms with van der Waals surface area (Å²) < 4.78 is 24.9. The molecular weight excluding hydrogens is 442 g/mol. The second kappa shape index (κ2) is 8.53. The van der Waals surface area contributed by atoms with Gasteiger partial charge in [0, 0.05) is 26.2 Å². The Hall–Kier alpha value is -2.16. The Kier molecular flexibility index (Phi) is 5.99. The number of carbonyl (C=O) groups is 1. The lowest BCUT2D eigenvalue weighted by Crippen LogP contribution is -2.49. The highest BCUT2D eigenvalue weighted by atomic mass is 35.5. The molecule has 30 heavy (non-hydrogen) atoms. The molecule has 1 saturated heterocycles. The van der Waals surface area contributed by atoms with Crippen molar-refractivity contribution in [2.24, 2.45) is 0 Å². The number of amides is 1. The maximum Gasteiger partial charge on any atom is 0.227 e. The molecule has 2 heterocycles. The third kappa shape index (κ3) is 4.31. The molecule has 0 atom stereocenters. The van der Waals surface area contributed by atoms with E-state index in [2.05, 4.69) is 9.88 Å². The van der Waals surface area contributed by atoms with Gasteiger partial charge < -0.3 is 9.80 Å². The molecule has 2 aromatic carbocycles. The van der Waals surface area contributed by atoms with Crippen LogP contribution in [0.5, 0.6) is 0 Å². The van der Waals surface area contributed by atoms with Crippen molar-refractivity contribution in [1.82, 2.24) is 9.88 Å². The highest BCUT2D eigenvalue weighted by Gasteiger charge is 2.23. The number of halogens is 1. The largest absolute Gasteiger partial charge is 0.345 e. The number of carbonyl (C=O) groups excluding carboxylic acids is 1. The fraction of sp³-hybridized carbons (Fsp3) is 0.333. The molecule has 0 spiro atoms. The fourth-order valence-corrected chi connectivity index (χ4v) is 5.65. The number of piperazine rings is 1. The number of anilines is 1. The third-order valence-electron chi connectivity index (χ3n) is 5.28. The molecule has 0 radical (unpaired) electrons. The number of hydrogen-bond donors (Lipinski definition) is 0. The van der Waals surface area contributed by atoms with E-state index in [9.17, 15) is 13.2 Å². The van der Waals surface area contributed by atoms with Gasteiger partial charge in [-0.1, -0.05) is 48.1 Å². The third-order valence-corrected chi connectivity index (χ3v) is 8.42. The SMILES string of the molecule is CCS(=O)(=O)c1ccc(CC(=O)N2CCN(c3nc4c(Cl)cccc4s3)CC2)cc1. The average molecular weight is 464 g/mol. The van der Waals surface area contributed by atoms with E-state index in [1.165, 1.54) is 0 Å². The highest BCUT2D eigenvalue weighted by molar-refractivity contribution is 7.91. The summed E-state index contributed by atoms with van der Waals surface area (Å²) in [5.74, 6) is 0.115. The van der Waals surface area contributed by atoms with E-state index in [0.29, 0.717) is 23.0 Å². The van der Waals surface area contributed by atoms with E-state index in [1.807, 2.05) is 23.1 Å². The van der Waals surface area contributed by atoms with Crippen LogP contribution in [0.1, 0.15) is 12.5 Å². The normalized spacial score (nSPS) is 15.0. The number of sulfone groups is 1. The molecular formula is C21H22ClN3O3S2. The monoisotopic (exact) mass is 463 g/mol. The Bertz CT molecular complexity index is 1170. The summed E-state index contributed by atoms with van der Waals surface area (Å²) in [4.78, 5) is 21.7. The van der Waals surface area contributed by atoms with Gasteiger partial charge in [0.05, 0.1) is 26.8 Å². The minimum Gasteiger partial charge on any atom is -0.345 e. The second-order valence-corrected chi connectivity index (χ2v) is 10.9. The van der Waals surface area contributed by atoms with E-state index in [4.69, 9.17) is 11.6 Å². The number of aromatic nitrogens is 1. The Morgan fingerprint density at radius 1 is 1.10 bits per heavy atom. The summed E-state index contributed by atoms with van der Waals surface area (Å²) in [6, 6.07) is 12.4. The van der Waals surface area contributed by atoms with Crippen molar-refractivity contribution in [2.45, 2.75) is 18.2 Å². The van der Waals surface area contributed by atoms with Gasteiger partial charge in [-0.15, -0.1) is 0 Å². The van der Waals surface area contributed by atoms with Gasteiger partial charge >= 0.3 is 0 Å². The number of nitrogens with zero attached hydrogens (tertiary/aromatic N) is 3. The van der Waals surface area contributed by atoms with Crippen molar-refractivity contribution in [3.05, 3.63) is 53.1 Å². The van der Waals surface area contributed by atoms with E-state index in [0.717, 1.165) is 34.0 Å². The van der Waals surface area contributed by atoms with Crippen LogP contribution in [0.2, 0.25) is 5.02 Å². The van der Waals surface area contributed by atoms with Gasteiger partial charge in [-0.2, -0.15) is 0 Å². The Morgan fingerprint density at radius 3 is 2.43 bits per heavy atom. The van der Waals surface area contributed by atoms with Crippen LogP contribution in [-0.4, -0.2) is 56.1 Å². The number of thiazole rings is 1. The first-order valence-corrected chi connectivity index (χ1v) is 12.6. The number of para-hydroxylation sites is 1. The summed E-state index contributed by atoms with van der Waals surface area (Å²) in [6.07, 6.45) is 0.267. The van der Waals surface area contributed by atoms with Crippen LogP contribution < -0.4 is 4.90 Å². The summed E-state index contributed by atoms with van der Waals surface area (Å²) in [6.45, 7) is 4.32. The molecule has 1 aliphatic rings. The number of fused-ring (bicyclic) bond motifs is 1. The molecule has 158 valence electrons. The fourth-order valence-electron chi connectivity index (χ4n) is 3.45. The van der Waals surface area contributed by atoms with Crippen molar-refractivity contribution in [2.75, 3.05) is 36.8 Å². The van der Waals surface area contributed by atoms with E-state index in [1.54, 1.807) is 42.5 Å². The maximum absolute atomic E-state index is 12.7. The topological polar surface area (TPSA) is 70.6 Å². The van der Waals surface area contributed by atoms with Gasteiger partial charge in [0.25, 0.3) is 0 Å². The Balaban J connectivity index is 1.36. The van der Waals surface area contributed by atoms with Crippen LogP contribution in [0.15, 0.2) is 47.4 Å². The van der Waals surface area contributed by atoms with Gasteiger partial charge in [0.2, 0.25) is 5.91 Å². The average Bonchev–Trinajstić information content (AvgIpc) is 3.20. The lowest BCUT2D eigenvalue weighted by molar-refractivity contribution is -0.130. The summed E-state index contributed by atoms with van der Waals surface area (Å²) in [7, 11) is -3.22. The van der Waals surface area contributed by atoms with E-state index < -0.39 is 9.84 Å². The minimum atomic E-state index is -3.22. The Morgan fingerprint density at radius 2 is 1.80 bits per heavy atom. The molecule has 6 nitrogen and oxygen atoms in total. The standard InChI is InChI=1S/C21H22ClN3O3S2/c1-2-30(27,28)16-8-6-15(7-9-16)14-19(26)24-10-12-25(13-11-24)21-23-20-17(22)4-3-5-18(20)29-21/h3-9H,2,10-14H2,1H3. The van der Waals surface area contributed by atoms with Gasteiger partial charge in [-0.3, -0.25) is 4.79 Å². The second-order valence-electron chi connectivity index (χ2n) is 7.18. The van der Waals surface area contributed by atoms with Gasteiger partial charge in [-0.25, -0.2) is 13.4 Å². The zero-order valence-electron chi connectivity index (χ0n) is 16.5. The van der Waals surface area contributed by atoms with Crippen molar-refractivity contribution in [3.63, 3.8) is 0 Å². The van der Waals surface area contributed by atoms with E-state index >= 15 is 0 Å². The first kappa shape index (κ1) is 21.1. The molecule has 1 amide bonds. The zero-order chi connectivity index (χ0) is 21.3. The molecule has 1 aliphatic heterocycles. The highest BCUT2D eigenvalue weighted by Crippen LogP contribution is 2.33. The van der Waals surface area contributed by atoms with Crippen LogP contribution in [0.25, 0.3) is 10.2 Å². The van der Waals surface area contributed by atoms with Crippen molar-refractivity contribution < 1.29 is 13.2 Å². The van der Waals surface area contributed by atoms with Crippen LogP contribution in [-0.2, 0) is 21.1 Å². The van der Waals surface area contributed by atoms with Crippen LogP contribution in [0.3, 0.4) is 0 Å². The molecule has 4 rings (SSSR count). The molecule has 0 saturated carbocycles. The molecule has 1 aromatic heterocycles. The molecule has 9 heteroatoms. The van der Waals surface area contributed by atoms with Crippen molar-refractivity contribution in [1.29, 1.82) is 0 Å². The molecule has 0 N–H and O–H groups in total. The first-order valence-electron chi connectivity index (χ1n) is 9.77. The van der Waals surface area contributed by atoms with Crippen molar-refractivity contribution in [3.8, 4) is 0 Å². The lowest BCUT2D eigenvalue weighted by atomic mass is 10.1. The molecule has 3 aromatic rings. The van der Waals surface area contributed by atoms with Crippen LogP contribution in [0, 0.1) is 0 Å². The van der Waals surface area contributed by atoms with Gasteiger partial charge in [0.1, 0.15) is 5.52 Å². The lowest BCUT2D eigenvalue weighted by Gasteiger charge is -2.34. The predicted molar refractivity (Wildman–Crippen MR) is 121 cm³/mol. The zero-order valence-corrected chi connectivity index (χ0v) is 18.9. The molecule has 1 fully saturated rings. The Labute approximate surface area is 185 Å². The molecule has 0 bridgehead atoms. The van der Waals surface area contributed by atoms with Crippen molar-refractivity contribution >= 4 is 54.0 Å². The smallest absolute Gasteiger partial charge is 0.227 e. The van der Waals surface area contributed by atoms with Gasteiger partial charge in [-0.05, 0) is 29.8 Å². The predicted octanol–water partition coefficient (Wildman–Crippen LogP) is 3.63. The number of benzene rings is 2. The minimum absolute atomic E-state index is 0.0492. The van der Waals surface area contributed by atoms with Gasteiger partial charge in [0.15, 0.2) is 15.0 Å². The maximum atomic E-state index is 12.7. The molecule has 0 aliphatic carbocycles. The summed E-state index contributed by atoms with van der Waals surface area (Å²) in [5, 5.41) is 1.58. The summed E-state index contributed by atoms with van der Waals surface area (Å²) in [5.41, 5.74) is 1.64.